The molecule has 0 radical (unpaired) electrons. The summed E-state index contributed by atoms with van der Waals surface area (Å²) in [7, 11) is 0. The van der Waals surface area contributed by atoms with Gasteiger partial charge in [-0.1, -0.05) is 12.2 Å². The van der Waals surface area contributed by atoms with Gasteiger partial charge in [0.1, 0.15) is 0 Å². The van der Waals surface area contributed by atoms with Crippen LogP contribution in [-0.2, 0) is 0 Å². The van der Waals surface area contributed by atoms with E-state index in [1.165, 1.54) is 12.8 Å². The van der Waals surface area contributed by atoms with Crippen molar-refractivity contribution in [3.8, 4) is 0 Å². The van der Waals surface area contributed by atoms with Gasteiger partial charge in [0.25, 0.3) is 5.91 Å². The molecule has 1 aromatic rings. The van der Waals surface area contributed by atoms with Crippen molar-refractivity contribution in [2.45, 2.75) is 39.0 Å². The van der Waals surface area contributed by atoms with Gasteiger partial charge in [-0.05, 0) is 80.5 Å². The highest BCUT2D eigenvalue weighted by atomic mass is 16.2. The van der Waals surface area contributed by atoms with Gasteiger partial charge in [0.15, 0.2) is 0 Å². The van der Waals surface area contributed by atoms with Crippen molar-refractivity contribution in [1.29, 1.82) is 0 Å². The predicted molar refractivity (Wildman–Crippen MR) is 107 cm³/mol. The van der Waals surface area contributed by atoms with Gasteiger partial charge >= 0.3 is 6.03 Å². The van der Waals surface area contributed by atoms with Gasteiger partial charge < -0.3 is 15.5 Å². The number of nitrogens with zero attached hydrogens (tertiary/aromatic N) is 1. The van der Waals surface area contributed by atoms with Crippen molar-refractivity contribution in [3.05, 3.63) is 41.5 Å². The maximum absolute atomic E-state index is 12.5. The van der Waals surface area contributed by atoms with Crippen molar-refractivity contribution < 1.29 is 9.59 Å². The van der Waals surface area contributed by atoms with E-state index in [0.29, 0.717) is 12.1 Å². The number of carbonyl (C=O) groups excluding carboxylic acids is 2. The average molecular weight is 367 g/mol. The van der Waals surface area contributed by atoms with Crippen LogP contribution in [-0.4, -0.2) is 36.5 Å². The van der Waals surface area contributed by atoms with Crippen LogP contribution in [0.4, 0.5) is 10.5 Å². The van der Waals surface area contributed by atoms with E-state index in [-0.39, 0.29) is 11.9 Å². The van der Waals surface area contributed by atoms with Gasteiger partial charge in [0.2, 0.25) is 0 Å². The minimum Gasteiger partial charge on any atom is -0.339 e. The van der Waals surface area contributed by atoms with Gasteiger partial charge in [0.05, 0.1) is 0 Å². The third-order valence-corrected chi connectivity index (χ3v) is 6.33. The summed E-state index contributed by atoms with van der Waals surface area (Å²) < 4.78 is 0. The second-order valence-electron chi connectivity index (χ2n) is 8.24. The molecule has 2 N–H and O–H groups in total. The maximum Gasteiger partial charge on any atom is 0.319 e. The van der Waals surface area contributed by atoms with Gasteiger partial charge in [-0.25, -0.2) is 4.79 Å². The predicted octanol–water partition coefficient (Wildman–Crippen LogP) is 3.95. The van der Waals surface area contributed by atoms with E-state index in [4.69, 9.17) is 0 Å². The third kappa shape index (κ3) is 4.02. The third-order valence-electron chi connectivity index (χ3n) is 6.33. The number of hydrogen-bond donors (Lipinski definition) is 2. The van der Waals surface area contributed by atoms with E-state index in [0.717, 1.165) is 61.4 Å². The Morgan fingerprint density at radius 3 is 2.63 bits per heavy atom. The average Bonchev–Trinajstić information content (AvgIpc) is 3.41. The second kappa shape index (κ2) is 7.75. The van der Waals surface area contributed by atoms with Crippen molar-refractivity contribution in [1.82, 2.24) is 10.2 Å². The molecule has 27 heavy (non-hydrogen) atoms. The molecule has 3 aliphatic rings. The molecule has 1 aliphatic heterocycles. The van der Waals surface area contributed by atoms with Crippen molar-refractivity contribution >= 4 is 17.6 Å². The van der Waals surface area contributed by atoms with Crippen LogP contribution >= 0.6 is 0 Å². The summed E-state index contributed by atoms with van der Waals surface area (Å²) in [6.07, 6.45) is 10.5. The number of aryl methyl sites for hydroxylation is 1. The van der Waals surface area contributed by atoms with E-state index in [1.54, 1.807) is 0 Å². The molecule has 1 saturated heterocycles. The molecule has 1 saturated carbocycles. The number of urea groups is 1. The summed E-state index contributed by atoms with van der Waals surface area (Å²) in [4.78, 5) is 26.6. The Bertz CT molecular complexity index is 752. The summed E-state index contributed by atoms with van der Waals surface area (Å²) >= 11 is 0. The molecular weight excluding hydrogens is 338 g/mol. The van der Waals surface area contributed by atoms with Crippen LogP contribution in [0.25, 0.3) is 0 Å². The molecule has 0 aromatic heterocycles. The lowest BCUT2D eigenvalue weighted by Gasteiger charge is -2.18. The first kappa shape index (κ1) is 18.1. The highest BCUT2D eigenvalue weighted by Gasteiger charge is 2.34. The molecule has 2 bridgehead atoms. The van der Waals surface area contributed by atoms with Crippen molar-refractivity contribution in [2.24, 2.45) is 17.8 Å². The summed E-state index contributed by atoms with van der Waals surface area (Å²) in [6, 6.07) is 5.34. The fraction of sp³-hybridized carbons (Fsp3) is 0.545. The number of rotatable bonds is 5. The lowest BCUT2D eigenvalue weighted by Crippen LogP contribution is -2.31. The zero-order valence-electron chi connectivity index (χ0n) is 16.0. The Morgan fingerprint density at radius 2 is 1.96 bits per heavy atom. The molecular formula is C22H29N3O2. The molecule has 3 amide bonds. The van der Waals surface area contributed by atoms with E-state index < -0.39 is 0 Å². The van der Waals surface area contributed by atoms with Gasteiger partial charge in [-0.15, -0.1) is 0 Å². The van der Waals surface area contributed by atoms with Crippen LogP contribution < -0.4 is 10.6 Å². The number of carbonyl (C=O) groups is 2. The lowest BCUT2D eigenvalue weighted by molar-refractivity contribution is 0.0792. The normalized spacial score (nSPS) is 25.8. The van der Waals surface area contributed by atoms with E-state index in [2.05, 4.69) is 22.8 Å². The molecule has 3 atom stereocenters. The molecule has 4 rings (SSSR count). The molecule has 144 valence electrons. The number of nitrogens with one attached hydrogen (secondary N) is 2. The van der Waals surface area contributed by atoms with Crippen LogP contribution in [0.15, 0.2) is 30.4 Å². The zero-order valence-corrected chi connectivity index (χ0v) is 16.0. The number of allylic oxidation sites excluding steroid dienone is 2. The number of amides is 3. The lowest BCUT2D eigenvalue weighted by atomic mass is 9.91. The fourth-order valence-electron chi connectivity index (χ4n) is 4.80. The van der Waals surface area contributed by atoms with Gasteiger partial charge in [0, 0.05) is 30.9 Å². The van der Waals surface area contributed by atoms with Gasteiger partial charge in [-0.3, -0.25) is 4.79 Å². The van der Waals surface area contributed by atoms with Gasteiger partial charge in [-0.2, -0.15) is 0 Å². The molecule has 2 fully saturated rings. The highest BCUT2D eigenvalue weighted by Crippen LogP contribution is 2.44. The second-order valence-corrected chi connectivity index (χ2v) is 8.24. The first-order chi connectivity index (χ1) is 13.1. The van der Waals surface area contributed by atoms with Crippen LogP contribution in [0.2, 0.25) is 0 Å². The van der Waals surface area contributed by atoms with E-state index in [1.807, 2.05) is 30.0 Å². The van der Waals surface area contributed by atoms with Crippen molar-refractivity contribution in [2.75, 3.05) is 25.0 Å². The molecule has 5 heteroatoms. The SMILES string of the molecule is Cc1cc(C(=O)N2CCCC2)ccc1NC(=O)NCC[C@@H]1C[C@@H]2C=C[C@H]1C2. The fourth-order valence-corrected chi connectivity index (χ4v) is 4.80. The van der Waals surface area contributed by atoms with Crippen molar-refractivity contribution in [3.63, 3.8) is 0 Å². The topological polar surface area (TPSA) is 61.4 Å². The molecule has 0 spiro atoms. The molecule has 0 unspecified atom stereocenters. The zero-order chi connectivity index (χ0) is 18.8. The van der Waals surface area contributed by atoms with Crippen LogP contribution in [0.3, 0.4) is 0 Å². The minimum atomic E-state index is -0.171. The minimum absolute atomic E-state index is 0.0894. The number of likely N-dealkylation sites (tertiary alicyclic amines) is 1. The standard InChI is InChI=1S/C22H29N3O2/c1-15-12-19(21(26)25-10-2-3-11-25)6-7-20(15)24-22(27)23-9-8-18-14-16-4-5-17(18)13-16/h4-7,12,16-18H,2-3,8-11,13-14H2,1H3,(H2,23,24,27)/t16-,17+,18-/m1/s1. The summed E-state index contributed by atoms with van der Waals surface area (Å²) in [5.41, 5.74) is 2.37. The molecule has 5 nitrogen and oxygen atoms in total. The Morgan fingerprint density at radius 1 is 1.15 bits per heavy atom. The Labute approximate surface area is 161 Å². The first-order valence-corrected chi connectivity index (χ1v) is 10.2. The van der Waals surface area contributed by atoms with Crippen LogP contribution in [0.5, 0.6) is 0 Å². The van der Waals surface area contributed by atoms with Crippen LogP contribution in [0, 0.1) is 24.7 Å². The summed E-state index contributed by atoms with van der Waals surface area (Å²) in [5.74, 6) is 2.31. The van der Waals surface area contributed by atoms with Crippen LogP contribution in [0.1, 0.15) is 48.0 Å². The number of benzene rings is 1. The Balaban J connectivity index is 1.26. The summed E-state index contributed by atoms with van der Waals surface area (Å²) in [5, 5.41) is 5.89. The number of hydrogen-bond acceptors (Lipinski definition) is 2. The quantitative estimate of drug-likeness (QED) is 0.774. The Kier molecular flexibility index (Phi) is 5.19. The van der Waals surface area contributed by atoms with E-state index in [9.17, 15) is 9.59 Å². The Hall–Kier alpha value is -2.30. The first-order valence-electron chi connectivity index (χ1n) is 10.2. The largest absolute Gasteiger partial charge is 0.339 e. The number of anilines is 1. The van der Waals surface area contributed by atoms with E-state index >= 15 is 0 Å². The number of fused-ring (bicyclic) bond motifs is 2. The smallest absolute Gasteiger partial charge is 0.319 e. The maximum atomic E-state index is 12.5. The summed E-state index contributed by atoms with van der Waals surface area (Å²) in [6.45, 7) is 4.33. The highest BCUT2D eigenvalue weighted by molar-refractivity contribution is 5.96. The molecule has 1 aromatic carbocycles. The molecule has 1 heterocycles. The monoisotopic (exact) mass is 367 g/mol. The molecule has 2 aliphatic carbocycles.